The average molecular weight is 422 g/mol. The molecule has 0 amide bonds. The fraction of sp³-hybridized carbons (Fsp3) is 0.857. The molecule has 4 aliphatic carbocycles. The number of aliphatic hydroxyl groups excluding tert-OH is 1. The summed E-state index contributed by atoms with van der Waals surface area (Å²) in [4.78, 5) is 11.8. The van der Waals surface area contributed by atoms with Crippen molar-refractivity contribution >= 4 is 5.78 Å². The first-order chi connectivity index (χ1) is 13.4. The lowest BCUT2D eigenvalue weighted by Gasteiger charge is -2.57. The van der Waals surface area contributed by atoms with Crippen LogP contribution in [0.2, 0.25) is 0 Å². The molecule has 2 N–H and O–H groups in total. The number of Topliss-reactive ketones (excluding diaryl/α,β-unsaturated/α-hetero) is 1. The molecule has 0 radical (unpaired) electrons. The highest BCUT2D eigenvalue weighted by atomic mass is 19.4. The van der Waals surface area contributed by atoms with Gasteiger partial charge < -0.3 is 10.2 Å². The van der Waals surface area contributed by atoms with Crippen LogP contribution in [0.4, 0.5) is 22.0 Å². The summed E-state index contributed by atoms with van der Waals surface area (Å²) < 4.78 is 68.9. The number of fused-ring (bicyclic) bond motifs is 5. The number of allylic oxidation sites excluding steroid dienone is 1. The van der Waals surface area contributed by atoms with Crippen molar-refractivity contribution < 1.29 is 37.0 Å². The monoisotopic (exact) mass is 422 g/mol. The predicted octanol–water partition coefficient (Wildman–Crippen LogP) is 5.33. The minimum Gasteiger partial charge on any atom is -0.504 e. The average Bonchev–Trinajstić information content (AvgIpc) is 2.98. The lowest BCUT2D eigenvalue weighted by Crippen LogP contribution is -2.66. The zero-order valence-electron chi connectivity index (χ0n) is 16.4. The second kappa shape index (κ2) is 6.41. The highest BCUT2D eigenvalue weighted by molar-refractivity contribution is 5.94. The third-order valence-electron chi connectivity index (χ3n) is 8.81. The largest absolute Gasteiger partial charge is 0.504 e. The van der Waals surface area contributed by atoms with E-state index in [1.54, 1.807) is 6.92 Å². The summed E-state index contributed by atoms with van der Waals surface area (Å²) in [6.45, 7) is 1.61. The summed E-state index contributed by atoms with van der Waals surface area (Å²) in [7, 11) is 0. The molecule has 8 heteroatoms. The minimum atomic E-state index is -5.80. The molecule has 3 nitrogen and oxygen atoms in total. The number of alkyl halides is 5. The number of halogens is 5. The van der Waals surface area contributed by atoms with Crippen molar-refractivity contribution in [1.82, 2.24) is 0 Å². The molecule has 29 heavy (non-hydrogen) atoms. The molecule has 5 unspecified atom stereocenters. The van der Waals surface area contributed by atoms with Crippen molar-refractivity contribution in [3.05, 3.63) is 11.3 Å². The number of carbonyl (C=O) groups excluding carboxylic acids is 1. The Labute approximate surface area is 166 Å². The number of hydrogen-bond donors (Lipinski definition) is 2. The lowest BCUT2D eigenvalue weighted by atomic mass is 9.48. The van der Waals surface area contributed by atoms with E-state index in [0.29, 0.717) is 25.7 Å². The van der Waals surface area contributed by atoms with Gasteiger partial charge in [-0.25, -0.2) is 0 Å². The van der Waals surface area contributed by atoms with E-state index in [1.165, 1.54) is 0 Å². The summed E-state index contributed by atoms with van der Waals surface area (Å²) in [5.74, 6) is -6.04. The molecule has 4 rings (SSSR count). The predicted molar refractivity (Wildman–Crippen MR) is 94.2 cm³/mol. The Morgan fingerprint density at radius 3 is 2.31 bits per heavy atom. The van der Waals surface area contributed by atoms with Crippen LogP contribution in [0.3, 0.4) is 0 Å². The van der Waals surface area contributed by atoms with Gasteiger partial charge in [-0.15, -0.1) is 0 Å². The fourth-order valence-corrected chi connectivity index (χ4v) is 7.53. The van der Waals surface area contributed by atoms with Gasteiger partial charge in [-0.05, 0) is 80.6 Å². The number of ketones is 1. The van der Waals surface area contributed by atoms with Crippen molar-refractivity contribution in [3.8, 4) is 0 Å². The molecular weight excluding hydrogens is 395 g/mol. The van der Waals surface area contributed by atoms with Gasteiger partial charge in [0.2, 0.25) is 0 Å². The second-order valence-corrected chi connectivity index (χ2v) is 9.43. The Balaban J connectivity index is 1.71. The standard InChI is InChI=1S/C21H27F5O3/c1-2-18-9-7-12-11-5-6-16(27)17(28)14(11)4-3-13(12)15(18)8-10-19(18,29)20(22,23)21(24,25)26/h11-13,15,28-29H,2-10H2,1H3/t11?,12?,13?,15?,18?,19-/m1/s1. The molecule has 3 saturated carbocycles. The zero-order valence-corrected chi connectivity index (χ0v) is 16.4. The Kier molecular flexibility index (Phi) is 4.66. The van der Waals surface area contributed by atoms with E-state index in [2.05, 4.69) is 0 Å². The van der Waals surface area contributed by atoms with Crippen LogP contribution in [-0.4, -0.2) is 33.7 Å². The molecular formula is C21H27F5O3. The molecule has 4 aliphatic rings. The van der Waals surface area contributed by atoms with Crippen molar-refractivity contribution in [1.29, 1.82) is 0 Å². The number of rotatable bonds is 2. The summed E-state index contributed by atoms with van der Waals surface area (Å²) in [6.07, 6.45) is -3.75. The van der Waals surface area contributed by atoms with Gasteiger partial charge in [0.15, 0.2) is 11.5 Å². The van der Waals surface area contributed by atoms with Gasteiger partial charge in [-0.1, -0.05) is 6.92 Å². The Morgan fingerprint density at radius 1 is 1.00 bits per heavy atom. The van der Waals surface area contributed by atoms with Crippen molar-refractivity contribution in [2.45, 2.75) is 82.4 Å². The Morgan fingerprint density at radius 2 is 1.69 bits per heavy atom. The van der Waals surface area contributed by atoms with Crippen LogP contribution < -0.4 is 0 Å². The fourth-order valence-electron chi connectivity index (χ4n) is 7.53. The highest BCUT2D eigenvalue weighted by Crippen LogP contribution is 2.70. The normalized spacial score (nSPS) is 43.1. The van der Waals surface area contributed by atoms with Crippen molar-refractivity contribution in [3.63, 3.8) is 0 Å². The van der Waals surface area contributed by atoms with Crippen molar-refractivity contribution in [2.24, 2.45) is 29.1 Å². The molecule has 3 fully saturated rings. The first kappa shape index (κ1) is 21.1. The van der Waals surface area contributed by atoms with E-state index in [-0.39, 0.29) is 55.0 Å². The van der Waals surface area contributed by atoms with E-state index >= 15 is 0 Å². The lowest BCUT2D eigenvalue weighted by molar-refractivity contribution is -0.365. The SMILES string of the molecule is CCC12CCC3C4CCC(=O)C(O)=C4CCC3C1CC[C@]2(O)C(F)(F)C(F)(F)F. The number of carbonyl (C=O) groups is 1. The van der Waals surface area contributed by atoms with Crippen molar-refractivity contribution in [2.75, 3.05) is 0 Å². The topological polar surface area (TPSA) is 57.5 Å². The van der Waals surface area contributed by atoms with Crippen LogP contribution in [0.15, 0.2) is 11.3 Å². The first-order valence-electron chi connectivity index (χ1n) is 10.5. The van der Waals surface area contributed by atoms with Gasteiger partial charge in [-0.2, -0.15) is 22.0 Å². The van der Waals surface area contributed by atoms with Crippen LogP contribution in [0.5, 0.6) is 0 Å². The molecule has 0 aromatic rings. The third-order valence-corrected chi connectivity index (χ3v) is 8.81. The number of aliphatic hydroxyl groups is 2. The maximum absolute atomic E-state index is 14.6. The molecule has 0 aromatic heterocycles. The van der Waals surface area contributed by atoms with E-state index in [0.717, 1.165) is 5.57 Å². The summed E-state index contributed by atoms with van der Waals surface area (Å²) in [6, 6.07) is 0. The summed E-state index contributed by atoms with van der Waals surface area (Å²) in [5, 5.41) is 21.1. The molecule has 0 aromatic carbocycles. The second-order valence-electron chi connectivity index (χ2n) is 9.43. The van der Waals surface area contributed by atoms with Crippen LogP contribution in [0, 0.1) is 29.1 Å². The van der Waals surface area contributed by atoms with E-state index < -0.39 is 35.5 Å². The zero-order chi connectivity index (χ0) is 21.4. The maximum Gasteiger partial charge on any atom is 0.456 e. The van der Waals surface area contributed by atoms with Gasteiger partial charge >= 0.3 is 12.1 Å². The van der Waals surface area contributed by atoms with Crippen LogP contribution in [0.25, 0.3) is 0 Å². The van der Waals surface area contributed by atoms with Crippen LogP contribution in [-0.2, 0) is 4.79 Å². The molecule has 0 heterocycles. The summed E-state index contributed by atoms with van der Waals surface area (Å²) >= 11 is 0. The summed E-state index contributed by atoms with van der Waals surface area (Å²) in [5.41, 5.74) is -3.83. The minimum absolute atomic E-state index is 0.0156. The van der Waals surface area contributed by atoms with Gasteiger partial charge in [-0.3, -0.25) is 4.79 Å². The first-order valence-corrected chi connectivity index (χ1v) is 10.5. The molecule has 0 spiro atoms. The van der Waals surface area contributed by atoms with Crippen LogP contribution in [0.1, 0.15) is 64.7 Å². The van der Waals surface area contributed by atoms with Crippen LogP contribution >= 0.6 is 0 Å². The van der Waals surface area contributed by atoms with E-state index in [9.17, 15) is 37.0 Å². The van der Waals surface area contributed by atoms with Gasteiger partial charge in [0.25, 0.3) is 0 Å². The molecule has 6 atom stereocenters. The smallest absolute Gasteiger partial charge is 0.456 e. The number of hydrogen-bond acceptors (Lipinski definition) is 3. The van der Waals surface area contributed by atoms with Gasteiger partial charge in [0.05, 0.1) is 0 Å². The highest BCUT2D eigenvalue weighted by Gasteiger charge is 2.79. The van der Waals surface area contributed by atoms with Gasteiger partial charge in [0.1, 0.15) is 5.60 Å². The van der Waals surface area contributed by atoms with Gasteiger partial charge in [0, 0.05) is 11.8 Å². The molecule has 0 aliphatic heterocycles. The molecule has 0 saturated heterocycles. The Hall–Kier alpha value is -1.18. The molecule has 0 bridgehead atoms. The Bertz CT molecular complexity index is 745. The third kappa shape index (κ3) is 2.53. The van der Waals surface area contributed by atoms with E-state index in [4.69, 9.17) is 0 Å². The quantitative estimate of drug-likeness (QED) is 0.591. The molecule has 164 valence electrons. The van der Waals surface area contributed by atoms with E-state index in [1.807, 2.05) is 0 Å². The maximum atomic E-state index is 14.6.